The summed E-state index contributed by atoms with van der Waals surface area (Å²) in [5, 5.41) is 5.68. The van der Waals surface area contributed by atoms with Gasteiger partial charge in [-0.1, -0.05) is 19.9 Å². The number of nitrogens with one attached hydrogen (secondary N) is 2. The second-order valence-electron chi connectivity index (χ2n) is 5.66. The Hall–Kier alpha value is -1.65. The maximum absolute atomic E-state index is 11.9. The van der Waals surface area contributed by atoms with Gasteiger partial charge in [-0.2, -0.15) is 0 Å². The van der Waals surface area contributed by atoms with Crippen molar-refractivity contribution in [1.82, 2.24) is 10.6 Å². The molecule has 0 rings (SSSR count). The zero-order valence-electron chi connectivity index (χ0n) is 13.7. The van der Waals surface area contributed by atoms with E-state index in [0.717, 1.165) is 6.42 Å². The van der Waals surface area contributed by atoms with E-state index >= 15 is 0 Å². The van der Waals surface area contributed by atoms with Crippen LogP contribution in [0.3, 0.4) is 0 Å². The quantitative estimate of drug-likeness (QED) is 0.639. The monoisotopic (exact) mass is 296 g/mol. The molecule has 0 aliphatic heterocycles. The highest BCUT2D eigenvalue weighted by Crippen LogP contribution is 2.05. The zero-order chi connectivity index (χ0) is 16.4. The normalized spacial score (nSPS) is 14.0. The number of carbonyl (C=O) groups is 3. The van der Waals surface area contributed by atoms with E-state index in [1.54, 1.807) is 6.08 Å². The summed E-state index contributed by atoms with van der Waals surface area (Å²) in [6, 6.07) is -0.202. The molecule has 0 aromatic heterocycles. The van der Waals surface area contributed by atoms with E-state index in [1.807, 2.05) is 27.7 Å². The number of hydrogen-bond acceptors (Lipinski definition) is 3. The molecule has 2 amide bonds. The SMILES string of the molecule is CC[C@H](C)C(=O)N[C@H](/C=C/C(C)=O)CCC(=O)NC(C)C. The minimum absolute atomic E-state index is 0.0518. The molecule has 0 aliphatic rings. The molecule has 0 spiro atoms. The fraction of sp³-hybridized carbons (Fsp3) is 0.688. The highest BCUT2D eigenvalue weighted by atomic mass is 16.2. The van der Waals surface area contributed by atoms with E-state index in [0.29, 0.717) is 12.8 Å². The lowest BCUT2D eigenvalue weighted by Crippen LogP contribution is -2.38. The third kappa shape index (κ3) is 9.82. The Morgan fingerprint density at radius 2 is 1.71 bits per heavy atom. The Bertz CT molecular complexity index is 389. The van der Waals surface area contributed by atoms with Crippen LogP contribution in [0.1, 0.15) is 53.9 Å². The molecule has 120 valence electrons. The van der Waals surface area contributed by atoms with Gasteiger partial charge in [0.1, 0.15) is 0 Å². The summed E-state index contributed by atoms with van der Waals surface area (Å²) in [4.78, 5) is 34.6. The van der Waals surface area contributed by atoms with Crippen molar-refractivity contribution in [1.29, 1.82) is 0 Å². The van der Waals surface area contributed by atoms with Gasteiger partial charge in [0.15, 0.2) is 5.78 Å². The van der Waals surface area contributed by atoms with E-state index in [9.17, 15) is 14.4 Å². The van der Waals surface area contributed by atoms with Gasteiger partial charge < -0.3 is 10.6 Å². The Kier molecular flexibility index (Phi) is 9.34. The molecule has 0 bridgehead atoms. The average Bonchev–Trinajstić information content (AvgIpc) is 2.39. The summed E-state index contributed by atoms with van der Waals surface area (Å²) in [5.74, 6) is -0.267. The van der Waals surface area contributed by atoms with Crippen LogP contribution in [-0.4, -0.2) is 29.7 Å². The van der Waals surface area contributed by atoms with E-state index in [-0.39, 0.29) is 35.6 Å². The molecule has 0 aromatic rings. The first-order valence-corrected chi connectivity index (χ1v) is 7.54. The number of hydrogen-bond donors (Lipinski definition) is 2. The van der Waals surface area contributed by atoms with Crippen molar-refractivity contribution in [2.45, 2.75) is 66.0 Å². The van der Waals surface area contributed by atoms with Gasteiger partial charge in [-0.25, -0.2) is 0 Å². The predicted octanol–water partition coefficient (Wildman–Crippen LogP) is 1.97. The molecule has 0 aromatic carbocycles. The molecule has 5 nitrogen and oxygen atoms in total. The molecule has 5 heteroatoms. The van der Waals surface area contributed by atoms with Gasteiger partial charge >= 0.3 is 0 Å². The van der Waals surface area contributed by atoms with Crippen LogP contribution >= 0.6 is 0 Å². The first-order valence-electron chi connectivity index (χ1n) is 7.54. The maximum atomic E-state index is 11.9. The molecule has 2 N–H and O–H groups in total. The van der Waals surface area contributed by atoms with Crippen molar-refractivity contribution in [2.24, 2.45) is 5.92 Å². The average molecular weight is 296 g/mol. The second-order valence-corrected chi connectivity index (χ2v) is 5.66. The van der Waals surface area contributed by atoms with Gasteiger partial charge in [0.2, 0.25) is 11.8 Å². The van der Waals surface area contributed by atoms with Crippen molar-refractivity contribution >= 4 is 17.6 Å². The van der Waals surface area contributed by atoms with E-state index in [4.69, 9.17) is 0 Å². The van der Waals surface area contributed by atoms with Crippen LogP contribution < -0.4 is 10.6 Å². The van der Waals surface area contributed by atoms with Crippen molar-refractivity contribution in [3.05, 3.63) is 12.2 Å². The number of ketones is 1. The van der Waals surface area contributed by atoms with Crippen LogP contribution in [0, 0.1) is 5.92 Å². The fourth-order valence-corrected chi connectivity index (χ4v) is 1.66. The molecule has 2 atom stereocenters. The van der Waals surface area contributed by atoms with E-state index in [1.165, 1.54) is 13.0 Å². The van der Waals surface area contributed by atoms with Gasteiger partial charge in [-0.15, -0.1) is 0 Å². The first-order chi connectivity index (χ1) is 9.76. The number of amides is 2. The Balaban J connectivity index is 4.56. The number of allylic oxidation sites excluding steroid dienone is 1. The van der Waals surface area contributed by atoms with Crippen LogP contribution in [-0.2, 0) is 14.4 Å². The molecule has 0 heterocycles. The Labute approximate surface area is 127 Å². The summed E-state index contributed by atoms with van der Waals surface area (Å²) in [5.41, 5.74) is 0. The Morgan fingerprint density at radius 3 is 2.19 bits per heavy atom. The summed E-state index contributed by atoms with van der Waals surface area (Å²) in [6.07, 6.45) is 4.63. The highest BCUT2D eigenvalue weighted by molar-refractivity contribution is 5.87. The summed E-state index contributed by atoms with van der Waals surface area (Å²) < 4.78 is 0. The van der Waals surface area contributed by atoms with Crippen LogP contribution in [0.25, 0.3) is 0 Å². The molecular weight excluding hydrogens is 268 g/mol. The number of rotatable bonds is 9. The summed E-state index contributed by atoms with van der Waals surface area (Å²) in [6.45, 7) is 9.05. The molecule has 0 unspecified atom stereocenters. The lowest BCUT2D eigenvalue weighted by Gasteiger charge is -2.18. The minimum Gasteiger partial charge on any atom is -0.354 e. The summed E-state index contributed by atoms with van der Waals surface area (Å²) >= 11 is 0. The van der Waals surface area contributed by atoms with Crippen LogP contribution in [0.15, 0.2) is 12.2 Å². The fourth-order valence-electron chi connectivity index (χ4n) is 1.66. The van der Waals surface area contributed by atoms with Crippen molar-refractivity contribution < 1.29 is 14.4 Å². The lowest BCUT2D eigenvalue weighted by molar-refractivity contribution is -0.126. The smallest absolute Gasteiger partial charge is 0.223 e. The zero-order valence-corrected chi connectivity index (χ0v) is 13.7. The maximum Gasteiger partial charge on any atom is 0.223 e. The Morgan fingerprint density at radius 1 is 1.10 bits per heavy atom. The van der Waals surface area contributed by atoms with Gasteiger partial charge in [0.05, 0.1) is 0 Å². The predicted molar refractivity (Wildman–Crippen MR) is 83.7 cm³/mol. The first kappa shape index (κ1) is 19.4. The minimum atomic E-state index is -0.298. The van der Waals surface area contributed by atoms with Crippen molar-refractivity contribution in [3.63, 3.8) is 0 Å². The second kappa shape index (κ2) is 10.1. The lowest BCUT2D eigenvalue weighted by atomic mass is 10.1. The molecule has 0 aliphatic carbocycles. The van der Waals surface area contributed by atoms with Crippen LogP contribution in [0.5, 0.6) is 0 Å². The van der Waals surface area contributed by atoms with E-state index < -0.39 is 0 Å². The van der Waals surface area contributed by atoms with Crippen molar-refractivity contribution in [2.75, 3.05) is 0 Å². The summed E-state index contributed by atoms with van der Waals surface area (Å²) in [7, 11) is 0. The molecule has 21 heavy (non-hydrogen) atoms. The third-order valence-electron chi connectivity index (χ3n) is 3.08. The largest absolute Gasteiger partial charge is 0.354 e. The van der Waals surface area contributed by atoms with Gasteiger partial charge in [-0.05, 0) is 39.7 Å². The highest BCUT2D eigenvalue weighted by Gasteiger charge is 2.16. The van der Waals surface area contributed by atoms with Crippen LogP contribution in [0.2, 0.25) is 0 Å². The molecule has 0 saturated carbocycles. The van der Waals surface area contributed by atoms with Gasteiger partial charge in [-0.3, -0.25) is 14.4 Å². The van der Waals surface area contributed by atoms with Crippen LogP contribution in [0.4, 0.5) is 0 Å². The van der Waals surface area contributed by atoms with Gasteiger partial charge in [0, 0.05) is 24.4 Å². The molecule has 0 fully saturated rings. The van der Waals surface area contributed by atoms with Gasteiger partial charge in [0.25, 0.3) is 0 Å². The van der Waals surface area contributed by atoms with E-state index in [2.05, 4.69) is 10.6 Å². The standard InChI is InChI=1S/C16H28N2O3/c1-6-12(4)16(21)18-14(8-7-13(5)19)9-10-15(20)17-11(2)3/h7-8,11-12,14H,6,9-10H2,1-5H3,(H,17,20)(H,18,21)/b8-7+/t12-,14+/m0/s1. The topological polar surface area (TPSA) is 75.3 Å². The molecular formula is C16H28N2O3. The molecule has 0 radical (unpaired) electrons. The van der Waals surface area contributed by atoms with Crippen molar-refractivity contribution in [3.8, 4) is 0 Å². The number of carbonyl (C=O) groups excluding carboxylic acids is 3. The third-order valence-corrected chi connectivity index (χ3v) is 3.08. The molecule has 0 saturated heterocycles.